The fourth-order valence-corrected chi connectivity index (χ4v) is 6.40. The molecule has 0 fully saturated rings. The summed E-state index contributed by atoms with van der Waals surface area (Å²) in [5.41, 5.74) is 2.43. The Kier molecular flexibility index (Phi) is 39.8. The van der Waals surface area contributed by atoms with Gasteiger partial charge in [-0.25, -0.2) is 0 Å². The number of ether oxygens (including phenoxy) is 6. The monoisotopic (exact) mass is 1500 g/mol. The van der Waals surface area contributed by atoms with Crippen LogP contribution >= 0.6 is 162 Å². The first-order valence-corrected chi connectivity index (χ1v) is 28.1. The summed E-state index contributed by atoms with van der Waals surface area (Å²) in [6.45, 7) is 0.711. The van der Waals surface area contributed by atoms with Crippen molar-refractivity contribution in [2.45, 2.75) is 11.9 Å². The molecule has 0 bridgehead atoms. The third kappa shape index (κ3) is 22.6. The normalized spacial score (nSPS) is 11.0. The van der Waals surface area contributed by atoms with E-state index >= 15 is 0 Å². The molecule has 307 valence electrons. The maximum absolute atomic E-state index is 10.6. The number of fused-ring (bicyclic) bond motifs is 3. The molecule has 0 aliphatic carbocycles. The summed E-state index contributed by atoms with van der Waals surface area (Å²) >= 11 is 32.1. The molecular weight excluding hydrogens is 1480 g/mol. The number of phenols is 2. The van der Waals surface area contributed by atoms with Gasteiger partial charge >= 0.3 is 80.9 Å². The zero-order chi connectivity index (χ0) is 40.4. The molecule has 0 spiro atoms. The van der Waals surface area contributed by atoms with Crippen LogP contribution in [0, 0.1) is 0 Å². The van der Waals surface area contributed by atoms with Crippen molar-refractivity contribution < 1.29 is 140 Å². The molecule has 0 saturated heterocycles. The quantitative estimate of drug-likeness (QED) is 0.0885. The van der Waals surface area contributed by atoms with Crippen molar-refractivity contribution >= 4 is 183 Å². The third-order valence-electron chi connectivity index (χ3n) is 6.15. The van der Waals surface area contributed by atoms with Gasteiger partial charge in [-0.3, -0.25) is 9.59 Å². The molecule has 3 aliphatic rings. The minimum absolute atomic E-state index is 0. The van der Waals surface area contributed by atoms with E-state index in [-0.39, 0.29) is 137 Å². The predicted molar refractivity (Wildman–Crippen MR) is 251 cm³/mol. The van der Waals surface area contributed by atoms with Crippen molar-refractivity contribution in [2.75, 3.05) is 24.6 Å². The number of carbonyl (C=O) groups is 2. The van der Waals surface area contributed by atoms with Crippen molar-refractivity contribution in [2.24, 2.45) is 0 Å². The average molecular weight is 1510 g/mol. The van der Waals surface area contributed by atoms with Gasteiger partial charge in [0.05, 0.1) is 22.0 Å². The number of hydrogen-bond acceptors (Lipinski definition) is 11. The molecule has 58 heavy (non-hydrogen) atoms. The number of halogens is 11. The van der Waals surface area contributed by atoms with Crippen LogP contribution in [0.5, 0.6) is 46.0 Å². The first-order chi connectivity index (χ1) is 25.7. The molecule has 0 aromatic heterocycles. The van der Waals surface area contributed by atoms with E-state index in [4.69, 9.17) is 43.7 Å². The van der Waals surface area contributed by atoms with E-state index < -0.39 is 0 Å². The van der Waals surface area contributed by atoms with Crippen molar-refractivity contribution in [3.8, 4) is 46.0 Å². The SMILES string of the molecule is BrCBr.BrCc1cc(Br)cc2c1OCO2.BrP(Br)Br.O=Cc1cc(Br)cc(O)c1O.O=Cc1cc(Br)cc2c1OCO2.OCc1cc(Br)cc2c1OCO2.[B].[F-].[H-].[K+].[Na+]. The van der Waals surface area contributed by atoms with E-state index in [9.17, 15) is 9.59 Å². The molecule has 4 aromatic carbocycles. The van der Waals surface area contributed by atoms with Crippen molar-refractivity contribution in [1.29, 1.82) is 0 Å². The maximum atomic E-state index is 10.6. The van der Waals surface area contributed by atoms with Crippen LogP contribution in [-0.4, -0.2) is 60.9 Å². The summed E-state index contributed by atoms with van der Waals surface area (Å²) in [6.07, 6.45) is 1.22. The summed E-state index contributed by atoms with van der Waals surface area (Å²) < 4.78 is 35.1. The summed E-state index contributed by atoms with van der Waals surface area (Å²) in [6, 6.07) is 13.8. The van der Waals surface area contributed by atoms with Crippen molar-refractivity contribution in [1.82, 2.24) is 0 Å². The van der Waals surface area contributed by atoms with Crippen LogP contribution in [0.3, 0.4) is 0 Å². The van der Waals surface area contributed by atoms with Crippen LogP contribution in [0.1, 0.15) is 33.3 Å². The Balaban J connectivity index is -0.000000316. The van der Waals surface area contributed by atoms with E-state index in [2.05, 4.69) is 158 Å². The van der Waals surface area contributed by atoms with Crippen LogP contribution in [0.25, 0.3) is 0 Å². The second-order valence-corrected chi connectivity index (χ2v) is 31.7. The number of aromatic hydroxyl groups is 2. The van der Waals surface area contributed by atoms with Gasteiger partial charge in [0.15, 0.2) is 58.6 Å². The zero-order valence-electron chi connectivity index (χ0n) is 30.8. The van der Waals surface area contributed by atoms with E-state index in [1.165, 1.54) is 12.1 Å². The molecule has 0 atom stereocenters. The molecule has 3 N–H and O–H groups in total. The number of phenolic OH excluding ortho intramolecular Hbond substituents is 2. The molecular formula is C32H26BBr10FKNaO11P. The number of aliphatic hydroxyl groups excluding tert-OH is 1. The van der Waals surface area contributed by atoms with Crippen LogP contribution in [-0.2, 0) is 11.9 Å². The number of aldehydes is 2. The van der Waals surface area contributed by atoms with Gasteiger partial charge in [0.25, 0.3) is 0 Å². The summed E-state index contributed by atoms with van der Waals surface area (Å²) in [4.78, 5) is 20.8. The molecule has 11 nitrogen and oxygen atoms in total. The maximum Gasteiger partial charge on any atom is 1.00 e. The molecule has 3 radical (unpaired) electrons. The molecule has 0 saturated carbocycles. The van der Waals surface area contributed by atoms with Gasteiger partial charge in [-0.2, -0.15) is 0 Å². The standard InChI is InChI=1S/C8H6Br2O2.C8H7BrO3.C8H5BrO3.C7H5BrO3.CH2Br2.B.Br3P.FH.K.Na.H/c9-3-5-1-6(10)2-7-8(5)12-4-11-7;2*9-6-1-5(3-10)8-7(2-6)11-4-12-8;8-5-1-4(3-9)7(11)6(10)2-5;2-1-3;;1-4(2)3;;;;/h1-2H,3-4H2;1-2,10H,3-4H2;1-3H,4H2;1-3,10-11H;1H2;;;1H;;;/q;;;;;;;;2*+1;-1/p-1. The first-order valence-electron chi connectivity index (χ1n) is 14.2. The Bertz CT molecular complexity index is 1820. The Labute approximate surface area is 486 Å². The second kappa shape index (κ2) is 35.7. The number of benzene rings is 4. The number of rotatable bonds is 4. The first kappa shape index (κ1) is 64.7. The molecule has 0 amide bonds. The molecule has 7 rings (SSSR count). The third-order valence-corrected chi connectivity index (χ3v) is 8.58. The van der Waals surface area contributed by atoms with E-state index in [0.29, 0.717) is 46.1 Å². The van der Waals surface area contributed by atoms with Crippen LogP contribution in [0.2, 0.25) is 0 Å². The van der Waals surface area contributed by atoms with Gasteiger partial charge < -0.3 is 49.9 Å². The Hall–Kier alpha value is 2.44. The smallest absolute Gasteiger partial charge is 1.00 e. The predicted octanol–water partition coefficient (Wildman–Crippen LogP) is 4.28. The van der Waals surface area contributed by atoms with Gasteiger partial charge in [-0.15, -0.1) is 0 Å². The summed E-state index contributed by atoms with van der Waals surface area (Å²) in [5.74, 6) is 3.48. The van der Waals surface area contributed by atoms with E-state index in [0.717, 1.165) is 51.9 Å². The fourth-order valence-electron chi connectivity index (χ4n) is 4.09. The molecule has 3 heterocycles. The topological polar surface area (TPSA) is 150 Å². The van der Waals surface area contributed by atoms with Crippen LogP contribution in [0.4, 0.5) is 0 Å². The van der Waals surface area contributed by atoms with Crippen LogP contribution < -0.4 is 114 Å². The van der Waals surface area contributed by atoms with Gasteiger partial charge in [-0.05, 0) is 95.0 Å². The number of carbonyl (C=O) groups excluding carboxylic acids is 2. The van der Waals surface area contributed by atoms with Gasteiger partial charge in [-0.1, -0.05) is 112 Å². The van der Waals surface area contributed by atoms with Crippen molar-refractivity contribution in [3.05, 3.63) is 88.7 Å². The Morgan fingerprint density at radius 3 is 1.38 bits per heavy atom. The second-order valence-electron chi connectivity index (χ2n) is 9.51. The largest absolute Gasteiger partial charge is 1.00 e. The Morgan fingerprint density at radius 1 is 0.621 bits per heavy atom. The van der Waals surface area contributed by atoms with Gasteiger partial charge in [0, 0.05) is 42.8 Å². The van der Waals surface area contributed by atoms with Crippen LogP contribution in [0.15, 0.2) is 66.4 Å². The summed E-state index contributed by atoms with van der Waals surface area (Å²) in [7, 11) is 0. The molecule has 0 unspecified atom stereocenters. The number of hydrogen-bond donors (Lipinski definition) is 3. The van der Waals surface area contributed by atoms with Crippen molar-refractivity contribution in [3.63, 3.8) is 0 Å². The summed E-state index contributed by atoms with van der Waals surface area (Å²) in [5, 5.41) is 27.7. The number of aliphatic hydroxyl groups is 1. The van der Waals surface area contributed by atoms with Gasteiger partial charge in [0.2, 0.25) is 20.4 Å². The molecule has 3 aliphatic heterocycles. The minimum atomic E-state index is -0.386. The molecule has 26 heteroatoms. The molecule has 4 aromatic rings. The minimum Gasteiger partial charge on any atom is -1.00 e. The Morgan fingerprint density at radius 2 is 0.966 bits per heavy atom. The average Bonchev–Trinajstić information content (AvgIpc) is 3.91. The zero-order valence-corrected chi connectivity index (χ0v) is 51.7. The number of alkyl halides is 3. The van der Waals surface area contributed by atoms with E-state index in [1.54, 1.807) is 12.1 Å². The van der Waals surface area contributed by atoms with E-state index in [1.807, 2.05) is 24.3 Å². The fraction of sp³-hybridized carbons (Fsp3) is 0.188. The van der Waals surface area contributed by atoms with Gasteiger partial charge in [0.1, 0.15) is 4.03 Å².